The molecule has 0 fully saturated rings. The summed E-state index contributed by atoms with van der Waals surface area (Å²) in [5.74, 6) is -1.77. The summed E-state index contributed by atoms with van der Waals surface area (Å²) in [6.07, 6.45) is 10.5. The molecule has 1 unspecified atom stereocenters. The van der Waals surface area contributed by atoms with Crippen molar-refractivity contribution in [2.75, 3.05) is 0 Å². The zero-order chi connectivity index (χ0) is 14.5. The van der Waals surface area contributed by atoms with Gasteiger partial charge in [-0.2, -0.15) is 0 Å². The van der Waals surface area contributed by atoms with Crippen molar-refractivity contribution in [3.8, 4) is 0 Å². The highest BCUT2D eigenvalue weighted by Crippen LogP contribution is 2.16. The monoisotopic (exact) mass is 270 g/mol. The fourth-order valence-electron chi connectivity index (χ4n) is 2.27. The Kier molecular flexibility index (Phi) is 11.6. The lowest BCUT2D eigenvalue weighted by Crippen LogP contribution is -2.23. The van der Waals surface area contributed by atoms with Crippen LogP contribution in [0, 0.1) is 5.92 Å². The molecule has 1 atom stereocenters. The van der Waals surface area contributed by atoms with Crippen LogP contribution in [0.25, 0.3) is 0 Å². The minimum Gasteiger partial charge on any atom is -0.481 e. The van der Waals surface area contributed by atoms with Gasteiger partial charge in [0.1, 0.15) is 11.7 Å². The van der Waals surface area contributed by atoms with E-state index in [1.165, 1.54) is 12.8 Å². The molecule has 0 bridgehead atoms. The Morgan fingerprint density at radius 2 is 1.37 bits per heavy atom. The lowest BCUT2D eigenvalue weighted by molar-refractivity contribution is -0.146. The minimum atomic E-state index is -0.935. The van der Waals surface area contributed by atoms with Crippen LogP contribution in [-0.4, -0.2) is 16.9 Å². The number of hydrogen-bond acceptors (Lipinski definition) is 2. The fraction of sp³-hybridized carbons (Fsp3) is 0.875. The molecule has 0 aromatic carbocycles. The van der Waals surface area contributed by atoms with Gasteiger partial charge in [0.25, 0.3) is 0 Å². The molecule has 1 N–H and O–H groups in total. The maximum Gasteiger partial charge on any atom is 0.314 e. The SMILES string of the molecule is CCCCCCCC(=O)C(CCCCCC)C(=O)O. The summed E-state index contributed by atoms with van der Waals surface area (Å²) in [5.41, 5.74) is 0. The molecule has 3 heteroatoms. The lowest BCUT2D eigenvalue weighted by Gasteiger charge is -2.11. The molecular weight excluding hydrogens is 240 g/mol. The number of ketones is 1. The van der Waals surface area contributed by atoms with Crippen LogP contribution >= 0.6 is 0 Å². The molecule has 0 amide bonds. The molecule has 3 nitrogen and oxygen atoms in total. The van der Waals surface area contributed by atoms with Crippen LogP contribution in [-0.2, 0) is 9.59 Å². The number of hydrogen-bond donors (Lipinski definition) is 1. The molecule has 0 saturated carbocycles. The second-order valence-corrected chi connectivity index (χ2v) is 5.37. The molecule has 0 aliphatic carbocycles. The van der Waals surface area contributed by atoms with Crippen LogP contribution in [0.1, 0.15) is 84.5 Å². The number of rotatable bonds is 13. The van der Waals surface area contributed by atoms with E-state index in [2.05, 4.69) is 13.8 Å². The number of aliphatic carboxylic acids is 1. The van der Waals surface area contributed by atoms with Crippen LogP contribution in [0.4, 0.5) is 0 Å². The van der Waals surface area contributed by atoms with Crippen LogP contribution in [0.3, 0.4) is 0 Å². The number of carbonyl (C=O) groups excluding carboxylic acids is 1. The first kappa shape index (κ1) is 18.1. The Bertz CT molecular complexity index is 248. The number of carboxylic acids is 1. The molecule has 0 aliphatic heterocycles. The number of unbranched alkanes of at least 4 members (excludes halogenated alkanes) is 7. The summed E-state index contributed by atoms with van der Waals surface area (Å²) >= 11 is 0. The van der Waals surface area contributed by atoms with E-state index in [1.54, 1.807) is 0 Å². The van der Waals surface area contributed by atoms with Crippen molar-refractivity contribution < 1.29 is 14.7 Å². The van der Waals surface area contributed by atoms with Gasteiger partial charge in [-0.25, -0.2) is 0 Å². The van der Waals surface area contributed by atoms with Crippen molar-refractivity contribution in [1.82, 2.24) is 0 Å². The highest BCUT2D eigenvalue weighted by molar-refractivity contribution is 5.98. The van der Waals surface area contributed by atoms with Crippen LogP contribution in [0.2, 0.25) is 0 Å². The largest absolute Gasteiger partial charge is 0.481 e. The average Bonchev–Trinajstić information content (AvgIpc) is 2.37. The fourth-order valence-corrected chi connectivity index (χ4v) is 2.27. The Hall–Kier alpha value is -0.860. The molecule has 0 radical (unpaired) electrons. The summed E-state index contributed by atoms with van der Waals surface area (Å²) < 4.78 is 0. The van der Waals surface area contributed by atoms with E-state index in [0.717, 1.165) is 44.9 Å². The molecule has 112 valence electrons. The third-order valence-electron chi connectivity index (χ3n) is 3.56. The molecule has 0 spiro atoms. The third-order valence-corrected chi connectivity index (χ3v) is 3.56. The molecule has 0 aromatic heterocycles. The molecule has 0 saturated heterocycles. The first-order valence-electron chi connectivity index (χ1n) is 7.89. The highest BCUT2D eigenvalue weighted by atomic mass is 16.4. The molecule has 0 aliphatic rings. The van der Waals surface area contributed by atoms with Gasteiger partial charge >= 0.3 is 5.97 Å². The summed E-state index contributed by atoms with van der Waals surface area (Å²) in [7, 11) is 0. The van der Waals surface area contributed by atoms with Gasteiger partial charge in [0.05, 0.1) is 0 Å². The number of Topliss-reactive ketones (excluding diaryl/α,β-unsaturated/α-hetero) is 1. The molecule has 0 heterocycles. The zero-order valence-corrected chi connectivity index (χ0v) is 12.6. The van der Waals surface area contributed by atoms with Crippen molar-refractivity contribution in [3.05, 3.63) is 0 Å². The van der Waals surface area contributed by atoms with E-state index in [9.17, 15) is 9.59 Å². The molecule has 19 heavy (non-hydrogen) atoms. The maximum atomic E-state index is 11.9. The smallest absolute Gasteiger partial charge is 0.314 e. The number of carboxylic acid groups (broad SMARTS) is 1. The maximum absolute atomic E-state index is 11.9. The zero-order valence-electron chi connectivity index (χ0n) is 12.6. The summed E-state index contributed by atoms with van der Waals surface area (Å²) in [5, 5.41) is 9.12. The first-order valence-corrected chi connectivity index (χ1v) is 7.89. The molecule has 0 rings (SSSR count). The van der Waals surface area contributed by atoms with Gasteiger partial charge in [0, 0.05) is 6.42 Å². The summed E-state index contributed by atoms with van der Waals surface area (Å²) in [6.45, 7) is 4.28. The predicted molar refractivity (Wildman–Crippen MR) is 78.3 cm³/mol. The van der Waals surface area contributed by atoms with E-state index in [-0.39, 0.29) is 5.78 Å². The topological polar surface area (TPSA) is 54.4 Å². The van der Waals surface area contributed by atoms with E-state index in [1.807, 2.05) is 0 Å². The number of carbonyl (C=O) groups is 2. The van der Waals surface area contributed by atoms with Gasteiger partial charge in [0.15, 0.2) is 0 Å². The van der Waals surface area contributed by atoms with Gasteiger partial charge in [-0.15, -0.1) is 0 Å². The third kappa shape index (κ3) is 9.69. The van der Waals surface area contributed by atoms with Crippen molar-refractivity contribution in [2.24, 2.45) is 5.92 Å². The normalized spacial score (nSPS) is 12.3. The van der Waals surface area contributed by atoms with Gasteiger partial charge in [-0.1, -0.05) is 65.2 Å². The van der Waals surface area contributed by atoms with Crippen molar-refractivity contribution >= 4 is 11.8 Å². The first-order chi connectivity index (χ1) is 9.13. The van der Waals surface area contributed by atoms with E-state index in [0.29, 0.717) is 12.8 Å². The average molecular weight is 270 g/mol. The van der Waals surface area contributed by atoms with Gasteiger partial charge < -0.3 is 5.11 Å². The molecule has 0 aromatic rings. The minimum absolute atomic E-state index is 0.0690. The van der Waals surface area contributed by atoms with Gasteiger partial charge in [-0.3, -0.25) is 9.59 Å². The second kappa shape index (κ2) is 12.2. The van der Waals surface area contributed by atoms with Gasteiger partial charge in [-0.05, 0) is 12.8 Å². The van der Waals surface area contributed by atoms with Crippen molar-refractivity contribution in [3.63, 3.8) is 0 Å². The quantitative estimate of drug-likeness (QED) is 0.393. The van der Waals surface area contributed by atoms with E-state index in [4.69, 9.17) is 5.11 Å². The highest BCUT2D eigenvalue weighted by Gasteiger charge is 2.24. The standard InChI is InChI=1S/C16H30O3/c1-3-5-7-9-11-13-15(17)14(16(18)19)12-10-8-6-4-2/h14H,3-13H2,1-2H3,(H,18,19). The Morgan fingerprint density at radius 3 is 1.89 bits per heavy atom. The van der Waals surface area contributed by atoms with Crippen molar-refractivity contribution in [1.29, 1.82) is 0 Å². The van der Waals surface area contributed by atoms with E-state index < -0.39 is 11.9 Å². The Balaban J connectivity index is 3.88. The van der Waals surface area contributed by atoms with Gasteiger partial charge in [0.2, 0.25) is 0 Å². The van der Waals surface area contributed by atoms with Crippen molar-refractivity contribution in [2.45, 2.75) is 84.5 Å². The summed E-state index contributed by atoms with van der Waals surface area (Å²) in [4.78, 5) is 23.0. The van der Waals surface area contributed by atoms with E-state index >= 15 is 0 Å². The second-order valence-electron chi connectivity index (χ2n) is 5.37. The Labute approximate surface area is 117 Å². The van der Waals surface area contributed by atoms with Crippen LogP contribution in [0.15, 0.2) is 0 Å². The predicted octanol–water partition coefficient (Wildman–Crippen LogP) is 4.59. The van der Waals surface area contributed by atoms with Crippen LogP contribution < -0.4 is 0 Å². The Morgan fingerprint density at radius 1 is 0.842 bits per heavy atom. The molecular formula is C16H30O3. The lowest BCUT2D eigenvalue weighted by atomic mass is 9.93. The van der Waals surface area contributed by atoms with Crippen LogP contribution in [0.5, 0.6) is 0 Å². The summed E-state index contributed by atoms with van der Waals surface area (Å²) in [6, 6.07) is 0.